The molecule has 0 amide bonds. The molecule has 2 unspecified atom stereocenters. The van der Waals surface area contributed by atoms with Gasteiger partial charge < -0.3 is 20.1 Å². The summed E-state index contributed by atoms with van der Waals surface area (Å²) >= 11 is 1.46. The number of halogens is 1. The van der Waals surface area contributed by atoms with E-state index in [1.54, 1.807) is 26.0 Å². The Balaban J connectivity index is 0.00000456. The van der Waals surface area contributed by atoms with Gasteiger partial charge in [-0.05, 0) is 39.7 Å². The number of ether oxygens (including phenoxy) is 2. The number of carbonyl (C=O) groups is 2. The van der Waals surface area contributed by atoms with Crippen LogP contribution in [0.3, 0.4) is 0 Å². The smallest absolute Gasteiger partial charge is 0.336 e. The Morgan fingerprint density at radius 1 is 1.25 bits per heavy atom. The molecule has 10 nitrogen and oxygen atoms in total. The number of esters is 2. The van der Waals surface area contributed by atoms with E-state index < -0.39 is 34.2 Å². The standard InChI is InChI=1S/C24H32N4O6S.ClH/c1-5-33-21(29)19-17(14-35-23-25-11-8-12-26-23)27-24(3,4)20(22(30)34-6-2)18(19)15-9-7-10-16(13-15)28(31)32;/h7,9-10,13,18,20,27H,5-6,8,11-12,14H2,1-4H3,(H,25,26);1H. The lowest BCUT2D eigenvalue weighted by atomic mass is 9.68. The van der Waals surface area contributed by atoms with Gasteiger partial charge in [0.05, 0.1) is 29.6 Å². The minimum absolute atomic E-state index is 0. The molecule has 1 aromatic rings. The second-order valence-electron chi connectivity index (χ2n) is 8.77. The van der Waals surface area contributed by atoms with Gasteiger partial charge in [-0.3, -0.25) is 19.9 Å². The Bertz CT molecular complexity index is 1050. The number of nitro benzene ring substituents is 1. The molecular weight excluding hydrogens is 508 g/mol. The van der Waals surface area contributed by atoms with Gasteiger partial charge in [0.25, 0.3) is 5.69 Å². The van der Waals surface area contributed by atoms with E-state index in [9.17, 15) is 19.7 Å². The molecule has 198 valence electrons. The van der Waals surface area contributed by atoms with E-state index in [4.69, 9.17) is 9.47 Å². The molecule has 0 saturated carbocycles. The van der Waals surface area contributed by atoms with E-state index in [-0.39, 0.29) is 36.9 Å². The topological polar surface area (TPSA) is 132 Å². The molecule has 0 aliphatic carbocycles. The summed E-state index contributed by atoms with van der Waals surface area (Å²) in [5.74, 6) is -2.32. The molecule has 0 bridgehead atoms. The number of aliphatic imine (C=N–C) groups is 1. The number of benzene rings is 1. The van der Waals surface area contributed by atoms with Gasteiger partial charge in [0.1, 0.15) is 0 Å². The summed E-state index contributed by atoms with van der Waals surface area (Å²) in [7, 11) is 0. The molecule has 36 heavy (non-hydrogen) atoms. The van der Waals surface area contributed by atoms with Crippen LogP contribution in [0, 0.1) is 16.0 Å². The first kappa shape index (κ1) is 29.4. The van der Waals surface area contributed by atoms with Gasteiger partial charge in [0.2, 0.25) is 0 Å². The monoisotopic (exact) mass is 540 g/mol. The van der Waals surface area contributed by atoms with Gasteiger partial charge in [-0.2, -0.15) is 0 Å². The Kier molecular flexibility index (Phi) is 10.6. The summed E-state index contributed by atoms with van der Waals surface area (Å²) in [6.45, 7) is 9.02. The number of thioether (sulfide) groups is 1. The van der Waals surface area contributed by atoms with E-state index >= 15 is 0 Å². The molecule has 1 aromatic carbocycles. The normalized spacial score (nSPS) is 20.7. The lowest BCUT2D eigenvalue weighted by Gasteiger charge is -2.45. The highest BCUT2D eigenvalue weighted by atomic mass is 35.5. The SMILES string of the molecule is CCOC(=O)C1=C(CSC2=NCCCN2)NC(C)(C)C(C(=O)OCC)C1c1cccc([N+](=O)[O-])c1.Cl. The van der Waals surface area contributed by atoms with Gasteiger partial charge in [-0.15, -0.1) is 12.4 Å². The fraction of sp³-hybridized carbons (Fsp3) is 0.542. The molecule has 2 atom stereocenters. The second kappa shape index (κ2) is 13.0. The second-order valence-corrected chi connectivity index (χ2v) is 9.74. The number of hydrogen-bond acceptors (Lipinski definition) is 10. The van der Waals surface area contributed by atoms with E-state index in [0.717, 1.165) is 24.7 Å². The summed E-state index contributed by atoms with van der Waals surface area (Å²) in [5.41, 5.74) is 0.404. The van der Waals surface area contributed by atoms with E-state index in [0.29, 0.717) is 17.0 Å². The molecule has 2 aliphatic rings. The highest BCUT2D eigenvalue weighted by Crippen LogP contribution is 2.45. The summed E-state index contributed by atoms with van der Waals surface area (Å²) in [6, 6.07) is 6.05. The van der Waals surface area contributed by atoms with Crippen molar-refractivity contribution in [2.24, 2.45) is 10.9 Å². The van der Waals surface area contributed by atoms with Crippen LogP contribution in [0.25, 0.3) is 0 Å². The van der Waals surface area contributed by atoms with Crippen molar-refractivity contribution in [3.05, 3.63) is 51.2 Å². The lowest BCUT2D eigenvalue weighted by molar-refractivity contribution is -0.384. The van der Waals surface area contributed by atoms with Crippen LogP contribution >= 0.6 is 24.2 Å². The highest BCUT2D eigenvalue weighted by Gasteiger charge is 2.51. The molecule has 2 aliphatic heterocycles. The molecule has 12 heteroatoms. The number of rotatable bonds is 8. The molecule has 2 N–H and O–H groups in total. The van der Waals surface area contributed by atoms with Gasteiger partial charge in [0, 0.05) is 48.1 Å². The zero-order chi connectivity index (χ0) is 25.6. The van der Waals surface area contributed by atoms with Crippen molar-refractivity contribution in [3.8, 4) is 0 Å². The number of non-ortho nitro benzene ring substituents is 1. The number of nitrogens with one attached hydrogen (secondary N) is 2. The van der Waals surface area contributed by atoms with E-state index in [2.05, 4.69) is 15.6 Å². The van der Waals surface area contributed by atoms with Gasteiger partial charge in [-0.25, -0.2) is 4.79 Å². The van der Waals surface area contributed by atoms with Crippen molar-refractivity contribution < 1.29 is 24.0 Å². The number of carbonyl (C=O) groups excluding carboxylic acids is 2. The van der Waals surface area contributed by atoms with Crippen molar-refractivity contribution >= 4 is 47.0 Å². The van der Waals surface area contributed by atoms with Crippen LogP contribution in [0.1, 0.15) is 45.6 Å². The van der Waals surface area contributed by atoms with Crippen LogP contribution in [0.15, 0.2) is 40.5 Å². The first-order valence-corrected chi connectivity index (χ1v) is 12.7. The van der Waals surface area contributed by atoms with Crippen molar-refractivity contribution in [3.63, 3.8) is 0 Å². The van der Waals surface area contributed by atoms with Crippen molar-refractivity contribution in [1.82, 2.24) is 10.6 Å². The third kappa shape index (κ3) is 6.70. The molecule has 0 radical (unpaired) electrons. The molecule has 2 heterocycles. The lowest BCUT2D eigenvalue weighted by Crippen LogP contribution is -2.56. The predicted molar refractivity (Wildman–Crippen MR) is 141 cm³/mol. The molecule has 0 fully saturated rings. The van der Waals surface area contributed by atoms with Crippen LogP contribution < -0.4 is 10.6 Å². The first-order chi connectivity index (χ1) is 16.7. The molecule has 0 saturated heterocycles. The van der Waals surface area contributed by atoms with Gasteiger partial charge in [0.15, 0.2) is 5.17 Å². The highest BCUT2D eigenvalue weighted by molar-refractivity contribution is 8.14. The van der Waals surface area contributed by atoms with Crippen LogP contribution in [-0.2, 0) is 19.1 Å². The minimum atomic E-state index is -0.831. The molecule has 0 aromatic heterocycles. The molecule has 3 rings (SSSR count). The van der Waals surface area contributed by atoms with E-state index in [1.165, 1.54) is 23.9 Å². The number of nitrogens with zero attached hydrogens (tertiary/aromatic N) is 2. The minimum Gasteiger partial charge on any atom is -0.466 e. The van der Waals surface area contributed by atoms with Crippen molar-refractivity contribution in [2.75, 3.05) is 32.1 Å². The van der Waals surface area contributed by atoms with Crippen molar-refractivity contribution in [2.45, 2.75) is 45.6 Å². The van der Waals surface area contributed by atoms with Crippen LogP contribution in [0.5, 0.6) is 0 Å². The van der Waals surface area contributed by atoms with Crippen molar-refractivity contribution in [1.29, 1.82) is 0 Å². The summed E-state index contributed by atoms with van der Waals surface area (Å²) in [4.78, 5) is 42.1. The molecule has 0 spiro atoms. The average Bonchev–Trinajstić information content (AvgIpc) is 2.82. The Morgan fingerprint density at radius 3 is 2.58 bits per heavy atom. The fourth-order valence-electron chi connectivity index (χ4n) is 4.48. The Hall–Kier alpha value is -2.79. The van der Waals surface area contributed by atoms with Crippen LogP contribution in [0.2, 0.25) is 0 Å². The molecular formula is C24H33ClN4O6S. The number of amidine groups is 1. The third-order valence-electron chi connectivity index (χ3n) is 5.92. The summed E-state index contributed by atoms with van der Waals surface area (Å²) < 4.78 is 10.8. The third-order valence-corrected chi connectivity index (χ3v) is 6.90. The fourth-order valence-corrected chi connectivity index (χ4v) is 5.38. The van der Waals surface area contributed by atoms with Crippen LogP contribution in [0.4, 0.5) is 5.69 Å². The maximum Gasteiger partial charge on any atom is 0.336 e. The first-order valence-electron chi connectivity index (χ1n) is 11.7. The Morgan fingerprint density at radius 2 is 1.97 bits per heavy atom. The number of hydrogen-bond donors (Lipinski definition) is 2. The predicted octanol–water partition coefficient (Wildman–Crippen LogP) is 3.56. The largest absolute Gasteiger partial charge is 0.466 e. The van der Waals surface area contributed by atoms with E-state index in [1.807, 2.05) is 13.8 Å². The van der Waals surface area contributed by atoms with Gasteiger partial charge >= 0.3 is 11.9 Å². The summed E-state index contributed by atoms with van der Waals surface area (Å²) in [5, 5.41) is 18.9. The quantitative estimate of drug-likeness (QED) is 0.288. The summed E-state index contributed by atoms with van der Waals surface area (Å²) in [6.07, 6.45) is 0.961. The zero-order valence-corrected chi connectivity index (χ0v) is 22.5. The zero-order valence-electron chi connectivity index (χ0n) is 20.9. The number of nitro groups is 1. The average molecular weight is 541 g/mol. The van der Waals surface area contributed by atoms with Gasteiger partial charge in [-0.1, -0.05) is 23.9 Å². The maximum absolute atomic E-state index is 13.3. The maximum atomic E-state index is 13.3. The van der Waals surface area contributed by atoms with Crippen LogP contribution in [-0.4, -0.2) is 59.6 Å². The Labute approximate surface area is 221 Å².